The number of ether oxygens (including phenoxy) is 1. The van der Waals surface area contributed by atoms with Crippen LogP contribution in [0, 0.1) is 0 Å². The van der Waals surface area contributed by atoms with Gasteiger partial charge >= 0.3 is 0 Å². The average molecular weight is 431 g/mol. The third-order valence-electron chi connectivity index (χ3n) is 5.98. The van der Waals surface area contributed by atoms with Crippen molar-refractivity contribution in [3.8, 4) is 5.75 Å². The van der Waals surface area contributed by atoms with Crippen molar-refractivity contribution >= 4 is 29.1 Å². The molecule has 0 spiro atoms. The fraction of sp³-hybridized carbons (Fsp3) is 0.208. The number of hydrogen-bond acceptors (Lipinski definition) is 5. The molecule has 1 saturated heterocycles. The first kappa shape index (κ1) is 19.9. The standard InChI is InChI=1S/C24H21N3O5/c1-31-17-10-8-16(9-11-17)25-23(30)24-13-12-21(28)27(24)20-7-3-2-6-19(20)22(29)26(24)15-18-5-4-14-32-18/h2-11,14H,12-13,15H2,1H3,(H,25,30). The normalized spacial score (nSPS) is 19.5. The Labute approximate surface area is 184 Å². The van der Waals surface area contributed by atoms with Crippen LogP contribution >= 0.6 is 0 Å². The molecule has 8 nitrogen and oxygen atoms in total. The smallest absolute Gasteiger partial charge is 0.271 e. The molecule has 0 radical (unpaired) electrons. The highest BCUT2D eigenvalue weighted by Crippen LogP contribution is 2.45. The number of benzene rings is 2. The zero-order chi connectivity index (χ0) is 22.3. The zero-order valence-corrected chi connectivity index (χ0v) is 17.4. The molecular weight excluding hydrogens is 410 g/mol. The molecule has 0 saturated carbocycles. The van der Waals surface area contributed by atoms with Gasteiger partial charge in [-0.1, -0.05) is 12.1 Å². The number of nitrogens with one attached hydrogen (secondary N) is 1. The van der Waals surface area contributed by atoms with E-state index >= 15 is 0 Å². The van der Waals surface area contributed by atoms with Gasteiger partial charge in [-0.25, -0.2) is 0 Å². The molecule has 1 fully saturated rings. The van der Waals surface area contributed by atoms with E-state index in [9.17, 15) is 14.4 Å². The molecule has 3 heterocycles. The summed E-state index contributed by atoms with van der Waals surface area (Å²) in [7, 11) is 1.56. The second kappa shape index (κ2) is 7.56. The van der Waals surface area contributed by atoms with E-state index in [0.29, 0.717) is 28.4 Å². The van der Waals surface area contributed by atoms with Gasteiger partial charge in [-0.2, -0.15) is 0 Å². The van der Waals surface area contributed by atoms with E-state index in [-0.39, 0.29) is 31.2 Å². The zero-order valence-electron chi connectivity index (χ0n) is 17.4. The number of carbonyl (C=O) groups excluding carboxylic acids is 3. The highest BCUT2D eigenvalue weighted by Gasteiger charge is 2.61. The SMILES string of the molecule is COc1ccc(NC(=O)C23CCC(=O)N2c2ccccc2C(=O)N3Cc2ccco2)cc1. The Morgan fingerprint density at radius 1 is 1.09 bits per heavy atom. The van der Waals surface area contributed by atoms with Crippen LogP contribution in [0.25, 0.3) is 0 Å². The molecule has 1 atom stereocenters. The van der Waals surface area contributed by atoms with Crippen LogP contribution in [0.1, 0.15) is 29.0 Å². The predicted octanol–water partition coefficient (Wildman–Crippen LogP) is 3.41. The van der Waals surface area contributed by atoms with E-state index in [0.717, 1.165) is 0 Å². The number of carbonyl (C=O) groups is 3. The molecule has 8 heteroatoms. The second-order valence-corrected chi connectivity index (χ2v) is 7.72. The summed E-state index contributed by atoms with van der Waals surface area (Å²) < 4.78 is 10.6. The second-order valence-electron chi connectivity index (χ2n) is 7.72. The summed E-state index contributed by atoms with van der Waals surface area (Å²) in [6.45, 7) is 0.0555. The summed E-state index contributed by atoms with van der Waals surface area (Å²) in [5.74, 6) is 0.184. The number of hydrogen-bond donors (Lipinski definition) is 1. The maximum Gasteiger partial charge on any atom is 0.271 e. The highest BCUT2D eigenvalue weighted by molar-refractivity contribution is 6.18. The van der Waals surface area contributed by atoms with Gasteiger partial charge in [0.05, 0.1) is 31.2 Å². The lowest BCUT2D eigenvalue weighted by atomic mass is 9.95. The van der Waals surface area contributed by atoms with E-state index in [1.807, 2.05) is 0 Å². The Morgan fingerprint density at radius 2 is 1.88 bits per heavy atom. The fourth-order valence-corrected chi connectivity index (χ4v) is 4.47. The minimum absolute atomic E-state index is 0.0555. The molecule has 162 valence electrons. The molecule has 0 aliphatic carbocycles. The van der Waals surface area contributed by atoms with Crippen molar-refractivity contribution in [2.24, 2.45) is 0 Å². The van der Waals surface area contributed by atoms with Gasteiger partial charge in [0, 0.05) is 18.5 Å². The molecule has 1 unspecified atom stereocenters. The van der Waals surface area contributed by atoms with E-state index in [2.05, 4.69) is 5.32 Å². The van der Waals surface area contributed by atoms with E-state index in [4.69, 9.17) is 9.15 Å². The highest BCUT2D eigenvalue weighted by atomic mass is 16.5. The van der Waals surface area contributed by atoms with Gasteiger partial charge < -0.3 is 14.5 Å². The van der Waals surface area contributed by atoms with Gasteiger partial charge in [0.1, 0.15) is 11.5 Å². The largest absolute Gasteiger partial charge is 0.497 e. The van der Waals surface area contributed by atoms with E-state index < -0.39 is 11.6 Å². The van der Waals surface area contributed by atoms with Crippen LogP contribution in [-0.4, -0.2) is 35.4 Å². The topological polar surface area (TPSA) is 92.1 Å². The van der Waals surface area contributed by atoms with Crippen LogP contribution in [0.3, 0.4) is 0 Å². The Balaban J connectivity index is 1.61. The number of para-hydroxylation sites is 1. The van der Waals surface area contributed by atoms with Crippen molar-refractivity contribution in [2.75, 3.05) is 17.3 Å². The Hall–Kier alpha value is -4.07. The van der Waals surface area contributed by atoms with Crippen LogP contribution in [0.15, 0.2) is 71.3 Å². The monoisotopic (exact) mass is 431 g/mol. The van der Waals surface area contributed by atoms with Crippen molar-refractivity contribution in [3.63, 3.8) is 0 Å². The van der Waals surface area contributed by atoms with Crippen LogP contribution in [0.2, 0.25) is 0 Å². The number of furan rings is 1. The van der Waals surface area contributed by atoms with Gasteiger partial charge in [0.2, 0.25) is 11.6 Å². The molecule has 3 amide bonds. The lowest BCUT2D eigenvalue weighted by Crippen LogP contribution is -2.69. The fourth-order valence-electron chi connectivity index (χ4n) is 4.47. The number of fused-ring (bicyclic) bond motifs is 3. The summed E-state index contributed by atoms with van der Waals surface area (Å²) in [5, 5.41) is 2.89. The first-order valence-corrected chi connectivity index (χ1v) is 10.3. The molecule has 2 aliphatic rings. The first-order valence-electron chi connectivity index (χ1n) is 10.3. The number of anilines is 2. The molecular formula is C24H21N3O5. The van der Waals surface area contributed by atoms with Gasteiger partial charge in [-0.05, 0) is 48.5 Å². The molecule has 2 aliphatic heterocycles. The first-order chi connectivity index (χ1) is 15.5. The van der Waals surface area contributed by atoms with Gasteiger partial charge in [-0.15, -0.1) is 0 Å². The van der Waals surface area contributed by atoms with Crippen LogP contribution in [0.5, 0.6) is 5.75 Å². The predicted molar refractivity (Wildman–Crippen MR) is 116 cm³/mol. The maximum atomic E-state index is 13.8. The molecule has 2 aromatic carbocycles. The van der Waals surface area contributed by atoms with Crippen LogP contribution < -0.4 is 15.0 Å². The minimum atomic E-state index is -1.50. The number of nitrogens with zero attached hydrogens (tertiary/aromatic N) is 2. The van der Waals surface area contributed by atoms with Crippen molar-refractivity contribution in [2.45, 2.75) is 25.0 Å². The quantitative estimate of drug-likeness (QED) is 0.669. The maximum absolute atomic E-state index is 13.8. The lowest BCUT2D eigenvalue weighted by Gasteiger charge is -2.48. The summed E-state index contributed by atoms with van der Waals surface area (Å²) >= 11 is 0. The van der Waals surface area contributed by atoms with Gasteiger partial charge in [0.15, 0.2) is 0 Å². The van der Waals surface area contributed by atoms with Crippen molar-refractivity contribution in [1.29, 1.82) is 0 Å². The summed E-state index contributed by atoms with van der Waals surface area (Å²) in [4.78, 5) is 43.3. The Bertz CT molecular complexity index is 1190. The van der Waals surface area contributed by atoms with Crippen LogP contribution in [-0.2, 0) is 16.1 Å². The molecule has 1 aromatic heterocycles. The van der Waals surface area contributed by atoms with E-state index in [1.54, 1.807) is 67.8 Å². The summed E-state index contributed by atoms with van der Waals surface area (Å²) in [6.07, 6.45) is 1.83. The number of methoxy groups -OCH3 is 1. The third-order valence-corrected chi connectivity index (χ3v) is 5.98. The van der Waals surface area contributed by atoms with Gasteiger partial charge in [0.25, 0.3) is 11.8 Å². The molecule has 1 N–H and O–H groups in total. The number of amides is 3. The molecule has 5 rings (SSSR count). The van der Waals surface area contributed by atoms with Crippen molar-refractivity contribution in [1.82, 2.24) is 4.90 Å². The average Bonchev–Trinajstić information content (AvgIpc) is 3.45. The number of rotatable bonds is 5. The molecule has 0 bridgehead atoms. The Morgan fingerprint density at radius 3 is 2.59 bits per heavy atom. The molecule has 3 aromatic rings. The molecule has 32 heavy (non-hydrogen) atoms. The minimum Gasteiger partial charge on any atom is -0.497 e. The van der Waals surface area contributed by atoms with Crippen molar-refractivity contribution in [3.05, 3.63) is 78.3 Å². The lowest BCUT2D eigenvalue weighted by molar-refractivity contribution is -0.129. The van der Waals surface area contributed by atoms with E-state index in [1.165, 1.54) is 16.1 Å². The van der Waals surface area contributed by atoms with Crippen molar-refractivity contribution < 1.29 is 23.5 Å². The van der Waals surface area contributed by atoms with Crippen LogP contribution in [0.4, 0.5) is 11.4 Å². The summed E-state index contributed by atoms with van der Waals surface area (Å²) in [5.41, 5.74) is -0.147. The summed E-state index contributed by atoms with van der Waals surface area (Å²) in [6, 6.07) is 17.2. The van der Waals surface area contributed by atoms with Gasteiger partial charge in [-0.3, -0.25) is 24.2 Å². The third kappa shape index (κ3) is 2.95. The Kier molecular flexibility index (Phi) is 4.70.